The van der Waals surface area contributed by atoms with E-state index in [1.165, 1.54) is 12.3 Å². The third-order valence-corrected chi connectivity index (χ3v) is 4.78. The van der Waals surface area contributed by atoms with Gasteiger partial charge >= 0.3 is 6.61 Å². The quantitative estimate of drug-likeness (QED) is 0.544. The number of benzene rings is 1. The molecule has 1 amide bonds. The predicted molar refractivity (Wildman–Crippen MR) is 107 cm³/mol. The second-order valence-corrected chi connectivity index (χ2v) is 7.29. The summed E-state index contributed by atoms with van der Waals surface area (Å²) in [6.45, 7) is -0.588. The Morgan fingerprint density at radius 1 is 1.29 bits per heavy atom. The molecule has 1 N–H and O–H groups in total. The summed E-state index contributed by atoms with van der Waals surface area (Å²) in [4.78, 5) is 20.7. The normalized spacial score (nSPS) is 13.3. The Morgan fingerprint density at radius 3 is 2.87 bits per heavy atom. The number of aryl methyl sites for hydroxylation is 1. The van der Waals surface area contributed by atoms with Crippen molar-refractivity contribution < 1.29 is 27.5 Å². The maximum atomic E-state index is 12.8. The largest absolute Gasteiger partial charge is 0.489 e. The fourth-order valence-corrected chi connectivity index (χ4v) is 2.94. The summed E-state index contributed by atoms with van der Waals surface area (Å²) in [7, 11) is 0. The number of hydrogen-bond donors (Lipinski definition) is 1. The van der Waals surface area contributed by atoms with Crippen LogP contribution in [0.25, 0.3) is 11.5 Å². The number of nitrogens with one attached hydrogen (secondary N) is 1. The fraction of sp³-hybridized carbons (Fsp3) is 0.318. The Balaban J connectivity index is 1.44. The summed E-state index contributed by atoms with van der Waals surface area (Å²) in [5.74, 6) is 0.532. The molecule has 0 aliphatic heterocycles. The van der Waals surface area contributed by atoms with Crippen molar-refractivity contribution in [3.63, 3.8) is 0 Å². The molecule has 3 aromatic rings. The Kier molecular flexibility index (Phi) is 6.11. The van der Waals surface area contributed by atoms with E-state index >= 15 is 0 Å². The minimum Gasteiger partial charge on any atom is -0.489 e. The number of aromatic nitrogens is 2. The third-order valence-electron chi connectivity index (χ3n) is 4.78. The Labute approximate surface area is 177 Å². The minimum atomic E-state index is -2.98. The molecular weight excluding hydrogens is 408 g/mol. The first-order valence-corrected chi connectivity index (χ1v) is 9.86. The van der Waals surface area contributed by atoms with Crippen LogP contribution in [-0.4, -0.2) is 29.1 Å². The Hall–Kier alpha value is -3.49. The van der Waals surface area contributed by atoms with E-state index in [4.69, 9.17) is 9.15 Å². The number of alkyl halides is 2. The molecule has 162 valence electrons. The summed E-state index contributed by atoms with van der Waals surface area (Å²) in [5.41, 5.74) is 2.02. The SMILES string of the molecule is Cc1cccnc1C(=O)NCc1coc(-c2ccc(OCC3CC3)c(OC(F)F)c2)n1. The average molecular weight is 429 g/mol. The number of pyridine rings is 1. The van der Waals surface area contributed by atoms with E-state index in [0.717, 1.165) is 18.4 Å². The van der Waals surface area contributed by atoms with E-state index in [0.29, 0.717) is 29.5 Å². The van der Waals surface area contributed by atoms with Crippen molar-refractivity contribution in [2.75, 3.05) is 6.61 Å². The van der Waals surface area contributed by atoms with Crippen LogP contribution in [0.1, 0.15) is 34.6 Å². The number of amides is 1. The molecule has 31 heavy (non-hydrogen) atoms. The zero-order valence-corrected chi connectivity index (χ0v) is 16.8. The molecular formula is C22H21F2N3O4. The highest BCUT2D eigenvalue weighted by molar-refractivity contribution is 5.93. The van der Waals surface area contributed by atoms with E-state index in [-0.39, 0.29) is 29.8 Å². The molecule has 4 rings (SSSR count). The molecule has 0 atom stereocenters. The number of hydrogen-bond acceptors (Lipinski definition) is 6. The van der Waals surface area contributed by atoms with Crippen molar-refractivity contribution >= 4 is 5.91 Å². The molecule has 7 nitrogen and oxygen atoms in total. The van der Waals surface area contributed by atoms with Gasteiger partial charge in [0.2, 0.25) is 5.89 Å². The van der Waals surface area contributed by atoms with Gasteiger partial charge < -0.3 is 19.2 Å². The fourth-order valence-electron chi connectivity index (χ4n) is 2.94. The summed E-state index contributed by atoms with van der Waals surface area (Å²) < 4.78 is 41.3. The summed E-state index contributed by atoms with van der Waals surface area (Å²) >= 11 is 0. The van der Waals surface area contributed by atoms with Crippen LogP contribution in [0.15, 0.2) is 47.2 Å². The number of rotatable bonds is 9. The highest BCUT2D eigenvalue weighted by atomic mass is 19.3. The maximum Gasteiger partial charge on any atom is 0.387 e. The second kappa shape index (κ2) is 9.11. The molecule has 1 aliphatic rings. The van der Waals surface area contributed by atoms with Gasteiger partial charge in [0.25, 0.3) is 5.91 Å². The van der Waals surface area contributed by atoms with Crippen LogP contribution < -0.4 is 14.8 Å². The van der Waals surface area contributed by atoms with Crippen molar-refractivity contribution in [3.05, 3.63) is 59.7 Å². The molecule has 2 aromatic heterocycles. The zero-order chi connectivity index (χ0) is 21.8. The molecule has 1 fully saturated rings. The first-order chi connectivity index (χ1) is 15.0. The monoisotopic (exact) mass is 429 g/mol. The first-order valence-electron chi connectivity index (χ1n) is 9.86. The van der Waals surface area contributed by atoms with Gasteiger partial charge in [0.05, 0.1) is 18.8 Å². The molecule has 0 spiro atoms. The van der Waals surface area contributed by atoms with E-state index < -0.39 is 6.61 Å². The summed E-state index contributed by atoms with van der Waals surface area (Å²) in [6.07, 6.45) is 5.11. The van der Waals surface area contributed by atoms with Crippen LogP contribution >= 0.6 is 0 Å². The van der Waals surface area contributed by atoms with E-state index in [1.807, 2.05) is 0 Å². The van der Waals surface area contributed by atoms with Gasteiger partial charge in [-0.05, 0) is 55.5 Å². The molecule has 9 heteroatoms. The number of halogens is 2. The molecule has 1 aliphatic carbocycles. The summed E-state index contributed by atoms with van der Waals surface area (Å²) in [6, 6.07) is 8.17. The van der Waals surface area contributed by atoms with Gasteiger partial charge in [-0.25, -0.2) is 4.98 Å². The van der Waals surface area contributed by atoms with Crippen LogP contribution in [0.5, 0.6) is 11.5 Å². The lowest BCUT2D eigenvalue weighted by atomic mass is 10.2. The Morgan fingerprint density at radius 2 is 2.13 bits per heavy atom. The molecule has 0 bridgehead atoms. The van der Waals surface area contributed by atoms with Crippen molar-refractivity contribution in [2.24, 2.45) is 5.92 Å². The highest BCUT2D eigenvalue weighted by Crippen LogP contribution is 2.36. The molecule has 1 aromatic carbocycles. The zero-order valence-electron chi connectivity index (χ0n) is 16.8. The van der Waals surface area contributed by atoms with E-state index in [1.54, 1.807) is 37.4 Å². The van der Waals surface area contributed by atoms with Crippen LogP contribution in [-0.2, 0) is 6.54 Å². The standard InChI is InChI=1S/C22H21F2N3O4/c1-13-3-2-8-25-19(13)20(28)26-10-16-12-30-21(27-16)15-6-7-17(29-11-14-4-5-14)18(9-15)31-22(23)24/h2-3,6-9,12,14,22H,4-5,10-11H2,1H3,(H,26,28). The van der Waals surface area contributed by atoms with Crippen LogP contribution in [0.2, 0.25) is 0 Å². The molecule has 0 radical (unpaired) electrons. The van der Waals surface area contributed by atoms with Crippen LogP contribution in [0.3, 0.4) is 0 Å². The molecule has 2 heterocycles. The predicted octanol–water partition coefficient (Wildman–Crippen LogP) is 4.37. The van der Waals surface area contributed by atoms with Crippen molar-refractivity contribution in [1.29, 1.82) is 0 Å². The van der Waals surface area contributed by atoms with Crippen LogP contribution in [0, 0.1) is 12.8 Å². The number of carbonyl (C=O) groups is 1. The first kappa shape index (κ1) is 20.8. The van der Waals surface area contributed by atoms with Gasteiger partial charge in [0.1, 0.15) is 12.0 Å². The van der Waals surface area contributed by atoms with Gasteiger partial charge in [-0.3, -0.25) is 9.78 Å². The lowest BCUT2D eigenvalue weighted by Crippen LogP contribution is -2.24. The highest BCUT2D eigenvalue weighted by Gasteiger charge is 2.23. The van der Waals surface area contributed by atoms with Crippen molar-refractivity contribution in [1.82, 2.24) is 15.3 Å². The lowest BCUT2D eigenvalue weighted by Gasteiger charge is -2.12. The molecule has 1 saturated carbocycles. The second-order valence-electron chi connectivity index (χ2n) is 7.29. The summed E-state index contributed by atoms with van der Waals surface area (Å²) in [5, 5.41) is 2.73. The maximum absolute atomic E-state index is 12.8. The number of nitrogens with zero attached hydrogens (tertiary/aromatic N) is 2. The van der Waals surface area contributed by atoms with Gasteiger partial charge in [0.15, 0.2) is 11.5 Å². The molecule has 0 saturated heterocycles. The lowest BCUT2D eigenvalue weighted by molar-refractivity contribution is -0.0515. The number of carbonyl (C=O) groups excluding carboxylic acids is 1. The van der Waals surface area contributed by atoms with E-state index in [9.17, 15) is 13.6 Å². The topological polar surface area (TPSA) is 86.5 Å². The number of oxazole rings is 1. The van der Waals surface area contributed by atoms with Gasteiger partial charge in [0, 0.05) is 11.8 Å². The van der Waals surface area contributed by atoms with Crippen LogP contribution in [0.4, 0.5) is 8.78 Å². The minimum absolute atomic E-state index is 0.0770. The average Bonchev–Trinajstić information content (AvgIpc) is 3.46. The van der Waals surface area contributed by atoms with Gasteiger partial charge in [-0.15, -0.1) is 0 Å². The van der Waals surface area contributed by atoms with Gasteiger partial charge in [-0.1, -0.05) is 6.07 Å². The van der Waals surface area contributed by atoms with Gasteiger partial charge in [-0.2, -0.15) is 8.78 Å². The Bertz CT molecular complexity index is 1070. The van der Waals surface area contributed by atoms with Crippen molar-refractivity contribution in [2.45, 2.75) is 32.9 Å². The van der Waals surface area contributed by atoms with Crippen molar-refractivity contribution in [3.8, 4) is 23.0 Å². The number of ether oxygens (including phenoxy) is 2. The third kappa shape index (κ3) is 5.36. The van der Waals surface area contributed by atoms with E-state index in [2.05, 4.69) is 20.0 Å². The molecule has 0 unspecified atom stereocenters. The smallest absolute Gasteiger partial charge is 0.387 e.